The van der Waals surface area contributed by atoms with Crippen molar-refractivity contribution in [3.05, 3.63) is 71.9 Å². The molecule has 138 valence electrons. The van der Waals surface area contributed by atoms with Crippen molar-refractivity contribution in [2.24, 2.45) is 0 Å². The molecule has 7 heteroatoms. The molecular formula is C20H22N6O. The average molecular weight is 362 g/mol. The maximum absolute atomic E-state index is 12.6. The molecule has 1 aliphatic rings. The number of pyridine rings is 1. The Morgan fingerprint density at radius 1 is 1.19 bits per heavy atom. The van der Waals surface area contributed by atoms with Gasteiger partial charge in [-0.25, -0.2) is 4.98 Å². The quantitative estimate of drug-likeness (QED) is 0.749. The Labute approximate surface area is 158 Å². The first-order chi connectivity index (χ1) is 13.2. The third-order valence-electron chi connectivity index (χ3n) is 4.81. The van der Waals surface area contributed by atoms with E-state index in [0.29, 0.717) is 11.4 Å². The zero-order valence-electron chi connectivity index (χ0n) is 15.2. The fourth-order valence-electron chi connectivity index (χ4n) is 3.47. The number of amides is 1. The van der Waals surface area contributed by atoms with Crippen molar-refractivity contribution < 1.29 is 4.79 Å². The van der Waals surface area contributed by atoms with Crippen molar-refractivity contribution in [2.45, 2.75) is 25.9 Å². The predicted molar refractivity (Wildman–Crippen MR) is 102 cm³/mol. The minimum absolute atomic E-state index is 0.0503. The summed E-state index contributed by atoms with van der Waals surface area (Å²) in [6, 6.07) is 12.1. The van der Waals surface area contributed by atoms with Gasteiger partial charge in [-0.3, -0.25) is 14.3 Å². The van der Waals surface area contributed by atoms with E-state index >= 15 is 0 Å². The highest BCUT2D eigenvalue weighted by Gasteiger charge is 2.19. The number of carbonyl (C=O) groups excluding carboxylic acids is 1. The van der Waals surface area contributed by atoms with Gasteiger partial charge >= 0.3 is 0 Å². The summed E-state index contributed by atoms with van der Waals surface area (Å²) in [7, 11) is 0. The van der Waals surface area contributed by atoms with E-state index in [0.717, 1.165) is 26.1 Å². The number of hydrogen-bond donors (Lipinski definition) is 1. The van der Waals surface area contributed by atoms with Gasteiger partial charge in [0.15, 0.2) is 0 Å². The standard InChI is InChI=1S/C20H22N6O/c1-15(11-25-9-7-16-4-2-3-5-18(16)12-25)24-20(27)17-6-8-21-19(10-17)26-13-22-23-14-26/h2-6,8,10,13-15H,7,9,11-12H2,1H3,(H,24,27)/t15-/m1/s1. The van der Waals surface area contributed by atoms with Gasteiger partial charge in [0.05, 0.1) is 0 Å². The van der Waals surface area contributed by atoms with Crippen molar-refractivity contribution in [3.8, 4) is 5.82 Å². The number of carbonyl (C=O) groups is 1. The van der Waals surface area contributed by atoms with Crippen LogP contribution in [0.1, 0.15) is 28.4 Å². The van der Waals surface area contributed by atoms with Crippen molar-refractivity contribution in [1.29, 1.82) is 0 Å². The highest BCUT2D eigenvalue weighted by atomic mass is 16.1. The van der Waals surface area contributed by atoms with Gasteiger partial charge in [-0.2, -0.15) is 0 Å². The second kappa shape index (κ2) is 7.67. The molecule has 27 heavy (non-hydrogen) atoms. The van der Waals surface area contributed by atoms with Crippen LogP contribution in [-0.2, 0) is 13.0 Å². The Morgan fingerprint density at radius 2 is 1.96 bits per heavy atom. The lowest BCUT2D eigenvalue weighted by Crippen LogP contribution is -2.43. The summed E-state index contributed by atoms with van der Waals surface area (Å²) in [6.07, 6.45) is 5.79. The van der Waals surface area contributed by atoms with Crippen LogP contribution in [0.2, 0.25) is 0 Å². The van der Waals surface area contributed by atoms with Crippen LogP contribution in [0.25, 0.3) is 5.82 Å². The van der Waals surface area contributed by atoms with E-state index in [4.69, 9.17) is 0 Å². The molecule has 1 N–H and O–H groups in total. The lowest BCUT2D eigenvalue weighted by molar-refractivity contribution is 0.0927. The van der Waals surface area contributed by atoms with Crippen molar-refractivity contribution in [3.63, 3.8) is 0 Å². The van der Waals surface area contributed by atoms with E-state index in [-0.39, 0.29) is 11.9 Å². The molecule has 1 aliphatic heterocycles. The fraction of sp³-hybridized carbons (Fsp3) is 0.300. The fourth-order valence-corrected chi connectivity index (χ4v) is 3.47. The van der Waals surface area contributed by atoms with Gasteiger partial charge in [0.2, 0.25) is 0 Å². The molecule has 0 bridgehead atoms. The monoisotopic (exact) mass is 362 g/mol. The second-order valence-corrected chi connectivity index (χ2v) is 6.90. The van der Waals surface area contributed by atoms with Gasteiger partial charge < -0.3 is 5.32 Å². The van der Waals surface area contributed by atoms with Gasteiger partial charge in [0.25, 0.3) is 5.91 Å². The largest absolute Gasteiger partial charge is 0.348 e. The molecular weight excluding hydrogens is 340 g/mol. The van der Waals surface area contributed by atoms with Crippen LogP contribution < -0.4 is 5.32 Å². The molecule has 0 aliphatic carbocycles. The Kier molecular flexibility index (Phi) is 4.93. The number of rotatable bonds is 5. The van der Waals surface area contributed by atoms with Crippen LogP contribution >= 0.6 is 0 Å². The minimum Gasteiger partial charge on any atom is -0.348 e. The number of hydrogen-bond acceptors (Lipinski definition) is 5. The lowest BCUT2D eigenvalue weighted by Gasteiger charge is -2.31. The summed E-state index contributed by atoms with van der Waals surface area (Å²) in [5.41, 5.74) is 3.39. The van der Waals surface area contributed by atoms with E-state index in [1.807, 2.05) is 6.92 Å². The molecule has 0 saturated heterocycles. The molecule has 0 saturated carbocycles. The molecule has 0 fully saturated rings. The number of fused-ring (bicyclic) bond motifs is 1. The minimum atomic E-state index is -0.100. The molecule has 4 rings (SSSR count). The summed E-state index contributed by atoms with van der Waals surface area (Å²) >= 11 is 0. The zero-order chi connectivity index (χ0) is 18.6. The van der Waals surface area contributed by atoms with E-state index in [1.165, 1.54) is 11.1 Å². The van der Waals surface area contributed by atoms with Crippen molar-refractivity contribution in [2.75, 3.05) is 13.1 Å². The van der Waals surface area contributed by atoms with Crippen molar-refractivity contribution >= 4 is 5.91 Å². The first-order valence-corrected chi connectivity index (χ1v) is 9.10. The topological polar surface area (TPSA) is 75.9 Å². The SMILES string of the molecule is C[C@H](CN1CCc2ccccc2C1)NC(=O)c1ccnc(-n2cnnc2)c1. The third kappa shape index (κ3) is 4.03. The van der Waals surface area contributed by atoms with Gasteiger partial charge in [-0.05, 0) is 36.6 Å². The highest BCUT2D eigenvalue weighted by Crippen LogP contribution is 2.18. The van der Waals surface area contributed by atoms with Crippen LogP contribution in [-0.4, -0.2) is 49.7 Å². The summed E-state index contributed by atoms with van der Waals surface area (Å²) in [6.45, 7) is 4.82. The number of nitrogens with zero attached hydrogens (tertiary/aromatic N) is 5. The Hall–Kier alpha value is -3.06. The lowest BCUT2D eigenvalue weighted by atomic mass is 9.99. The van der Waals surface area contributed by atoms with Gasteiger partial charge in [0, 0.05) is 37.4 Å². The molecule has 3 heterocycles. The second-order valence-electron chi connectivity index (χ2n) is 6.90. The molecule has 1 amide bonds. The van der Waals surface area contributed by atoms with Crippen LogP contribution in [0, 0.1) is 0 Å². The smallest absolute Gasteiger partial charge is 0.251 e. The van der Waals surface area contributed by atoms with Crippen LogP contribution in [0.4, 0.5) is 0 Å². The number of nitrogens with one attached hydrogen (secondary N) is 1. The third-order valence-corrected chi connectivity index (χ3v) is 4.81. The Balaban J connectivity index is 1.37. The van der Waals surface area contributed by atoms with E-state index < -0.39 is 0 Å². The normalized spacial score (nSPS) is 15.1. The van der Waals surface area contributed by atoms with E-state index in [2.05, 4.69) is 49.7 Å². The summed E-state index contributed by atoms with van der Waals surface area (Å²) in [5, 5.41) is 10.6. The molecule has 1 aromatic carbocycles. The summed E-state index contributed by atoms with van der Waals surface area (Å²) < 4.78 is 1.67. The molecule has 2 aromatic heterocycles. The first kappa shape index (κ1) is 17.4. The zero-order valence-corrected chi connectivity index (χ0v) is 15.2. The molecule has 0 radical (unpaired) electrons. The van der Waals surface area contributed by atoms with Gasteiger partial charge in [-0.1, -0.05) is 24.3 Å². The molecule has 0 unspecified atom stereocenters. The molecule has 3 aromatic rings. The number of aromatic nitrogens is 4. The number of benzene rings is 1. The average Bonchev–Trinajstić information content (AvgIpc) is 3.23. The van der Waals surface area contributed by atoms with Crippen LogP contribution in [0.3, 0.4) is 0 Å². The highest BCUT2D eigenvalue weighted by molar-refractivity contribution is 5.94. The maximum atomic E-state index is 12.6. The van der Waals surface area contributed by atoms with Gasteiger partial charge in [-0.15, -0.1) is 10.2 Å². The first-order valence-electron chi connectivity index (χ1n) is 9.10. The molecule has 1 atom stereocenters. The van der Waals surface area contributed by atoms with E-state index in [1.54, 1.807) is 35.6 Å². The van der Waals surface area contributed by atoms with Crippen LogP contribution in [0.5, 0.6) is 0 Å². The molecule has 7 nitrogen and oxygen atoms in total. The van der Waals surface area contributed by atoms with E-state index in [9.17, 15) is 4.79 Å². The van der Waals surface area contributed by atoms with Crippen molar-refractivity contribution in [1.82, 2.24) is 30.0 Å². The predicted octanol–water partition coefficient (Wildman–Crippen LogP) is 1.84. The summed E-state index contributed by atoms with van der Waals surface area (Å²) in [5.74, 6) is 0.518. The van der Waals surface area contributed by atoms with Gasteiger partial charge in [0.1, 0.15) is 18.5 Å². The Bertz CT molecular complexity index is 924. The summed E-state index contributed by atoms with van der Waals surface area (Å²) in [4.78, 5) is 19.3. The molecule has 0 spiro atoms. The maximum Gasteiger partial charge on any atom is 0.251 e. The Morgan fingerprint density at radius 3 is 2.78 bits per heavy atom. The van der Waals surface area contributed by atoms with Crippen LogP contribution in [0.15, 0.2) is 55.2 Å².